The van der Waals surface area contributed by atoms with Crippen molar-refractivity contribution in [1.82, 2.24) is 14.5 Å². The molecule has 5 heteroatoms. The summed E-state index contributed by atoms with van der Waals surface area (Å²) in [5, 5.41) is 0.732. The smallest absolute Gasteiger partial charge is 0.143 e. The zero-order chi connectivity index (χ0) is 19.8. The first-order valence-corrected chi connectivity index (χ1v) is 10.8. The van der Waals surface area contributed by atoms with Gasteiger partial charge in [-0.2, -0.15) is 0 Å². The molecular weight excluding hydrogens is 382 g/mol. The first-order valence-electron chi connectivity index (χ1n) is 10.4. The number of aromatic nitrogens is 2. The number of likely N-dealkylation sites (tertiary alicyclic amines) is 1. The SMILES string of the molecule is CN1CCC(OC2c3ccccc3CCn3cc(-c4cccc(Cl)c4)nc32)CC1. The van der Waals surface area contributed by atoms with Crippen molar-refractivity contribution in [2.75, 3.05) is 20.1 Å². The van der Waals surface area contributed by atoms with Crippen LogP contribution in [0.25, 0.3) is 11.3 Å². The second-order valence-electron chi connectivity index (χ2n) is 8.16. The molecule has 1 fully saturated rings. The maximum absolute atomic E-state index is 6.75. The molecule has 4 nitrogen and oxygen atoms in total. The standard InChI is InChI=1S/C24H26ClN3O/c1-27-12-10-20(11-13-27)29-23-21-8-3-2-5-17(21)9-14-28-16-22(26-24(23)28)18-6-4-7-19(25)15-18/h2-8,15-16,20,23H,9-14H2,1H3. The van der Waals surface area contributed by atoms with Crippen molar-refractivity contribution in [3.63, 3.8) is 0 Å². The highest BCUT2D eigenvalue weighted by Crippen LogP contribution is 2.36. The van der Waals surface area contributed by atoms with Crippen molar-refractivity contribution in [3.05, 3.63) is 76.7 Å². The Morgan fingerprint density at radius 2 is 1.86 bits per heavy atom. The van der Waals surface area contributed by atoms with Crippen LogP contribution in [0.4, 0.5) is 0 Å². The van der Waals surface area contributed by atoms with Gasteiger partial charge < -0.3 is 14.2 Å². The largest absolute Gasteiger partial charge is 0.362 e. The summed E-state index contributed by atoms with van der Waals surface area (Å²) in [6.07, 6.45) is 5.41. The number of ether oxygens (including phenoxy) is 1. The number of piperidine rings is 1. The molecule has 1 unspecified atom stereocenters. The topological polar surface area (TPSA) is 30.3 Å². The predicted molar refractivity (Wildman–Crippen MR) is 116 cm³/mol. The number of hydrogen-bond acceptors (Lipinski definition) is 3. The van der Waals surface area contributed by atoms with Crippen LogP contribution in [-0.2, 0) is 17.7 Å². The number of imidazole rings is 1. The Kier molecular flexibility index (Phi) is 5.17. The summed E-state index contributed by atoms with van der Waals surface area (Å²) < 4.78 is 9.02. The summed E-state index contributed by atoms with van der Waals surface area (Å²) in [5.74, 6) is 1.00. The van der Waals surface area contributed by atoms with E-state index in [9.17, 15) is 0 Å². The van der Waals surface area contributed by atoms with E-state index in [1.54, 1.807) is 0 Å². The van der Waals surface area contributed by atoms with Gasteiger partial charge in [0.05, 0.1) is 11.8 Å². The van der Waals surface area contributed by atoms with Crippen LogP contribution in [0.1, 0.15) is 35.9 Å². The fourth-order valence-corrected chi connectivity index (χ4v) is 4.64. The third-order valence-electron chi connectivity index (χ3n) is 6.12. The van der Waals surface area contributed by atoms with Crippen LogP contribution in [0.3, 0.4) is 0 Å². The van der Waals surface area contributed by atoms with Crippen LogP contribution in [0.2, 0.25) is 5.02 Å². The molecule has 2 aliphatic heterocycles. The van der Waals surface area contributed by atoms with Crippen LogP contribution in [0.5, 0.6) is 0 Å². The summed E-state index contributed by atoms with van der Waals surface area (Å²) in [7, 11) is 2.18. The Labute approximate surface area is 177 Å². The molecule has 0 radical (unpaired) electrons. The average molecular weight is 408 g/mol. The zero-order valence-corrected chi connectivity index (χ0v) is 17.5. The molecule has 3 heterocycles. The van der Waals surface area contributed by atoms with E-state index in [2.05, 4.69) is 53.0 Å². The maximum Gasteiger partial charge on any atom is 0.143 e. The van der Waals surface area contributed by atoms with Gasteiger partial charge in [-0.1, -0.05) is 48.0 Å². The normalized spacial score (nSPS) is 20.1. The highest BCUT2D eigenvalue weighted by molar-refractivity contribution is 6.30. The molecule has 0 bridgehead atoms. The third kappa shape index (κ3) is 3.85. The Bertz CT molecular complexity index is 1010. The lowest BCUT2D eigenvalue weighted by atomic mass is 10.00. The molecule has 1 saturated heterocycles. The second-order valence-corrected chi connectivity index (χ2v) is 8.59. The zero-order valence-electron chi connectivity index (χ0n) is 16.7. The average Bonchev–Trinajstić information content (AvgIpc) is 3.10. The molecule has 1 aromatic heterocycles. The number of nitrogens with zero attached hydrogens (tertiary/aromatic N) is 3. The van der Waals surface area contributed by atoms with E-state index in [0.29, 0.717) is 0 Å². The van der Waals surface area contributed by atoms with Gasteiger partial charge in [-0.3, -0.25) is 0 Å². The number of rotatable bonds is 3. The molecule has 0 N–H and O–H groups in total. The Hall–Kier alpha value is -2.14. The van der Waals surface area contributed by atoms with Crippen molar-refractivity contribution in [2.45, 2.75) is 38.0 Å². The monoisotopic (exact) mass is 407 g/mol. The highest BCUT2D eigenvalue weighted by atomic mass is 35.5. The fourth-order valence-electron chi connectivity index (χ4n) is 4.45. The lowest BCUT2D eigenvalue weighted by Gasteiger charge is -2.32. The summed E-state index contributed by atoms with van der Waals surface area (Å²) >= 11 is 6.22. The van der Waals surface area contributed by atoms with Crippen LogP contribution in [-0.4, -0.2) is 40.7 Å². The fraction of sp³-hybridized carbons (Fsp3) is 0.375. The van der Waals surface area contributed by atoms with Gasteiger partial charge >= 0.3 is 0 Å². The van der Waals surface area contributed by atoms with Crippen LogP contribution in [0, 0.1) is 0 Å². The van der Waals surface area contributed by atoms with E-state index in [1.165, 1.54) is 11.1 Å². The van der Waals surface area contributed by atoms with E-state index < -0.39 is 0 Å². The van der Waals surface area contributed by atoms with E-state index >= 15 is 0 Å². The first-order chi connectivity index (χ1) is 14.2. The molecule has 5 rings (SSSR count). The lowest BCUT2D eigenvalue weighted by Crippen LogP contribution is -2.35. The van der Waals surface area contributed by atoms with Gasteiger partial charge in [0.25, 0.3) is 0 Å². The molecular formula is C24H26ClN3O. The maximum atomic E-state index is 6.75. The molecule has 0 amide bonds. The van der Waals surface area contributed by atoms with Gasteiger partial charge in [0.2, 0.25) is 0 Å². The lowest BCUT2D eigenvalue weighted by molar-refractivity contribution is -0.0275. The third-order valence-corrected chi connectivity index (χ3v) is 6.35. The molecule has 1 atom stereocenters. The summed E-state index contributed by atoms with van der Waals surface area (Å²) in [4.78, 5) is 7.43. The molecule has 3 aromatic rings. The van der Waals surface area contributed by atoms with Gasteiger partial charge in [-0.05, 0) is 49.6 Å². The van der Waals surface area contributed by atoms with Crippen LogP contribution < -0.4 is 0 Å². The molecule has 0 saturated carbocycles. The molecule has 2 aliphatic rings. The van der Waals surface area contributed by atoms with E-state index in [0.717, 1.165) is 61.0 Å². The van der Waals surface area contributed by atoms with Gasteiger partial charge in [0, 0.05) is 36.4 Å². The van der Waals surface area contributed by atoms with Crippen molar-refractivity contribution < 1.29 is 4.74 Å². The summed E-state index contributed by atoms with van der Waals surface area (Å²) in [6.45, 7) is 3.08. The van der Waals surface area contributed by atoms with E-state index in [4.69, 9.17) is 21.3 Å². The van der Waals surface area contributed by atoms with Gasteiger partial charge in [-0.25, -0.2) is 4.98 Å². The summed E-state index contributed by atoms with van der Waals surface area (Å²) in [6, 6.07) is 16.6. The summed E-state index contributed by atoms with van der Waals surface area (Å²) in [5.41, 5.74) is 4.62. The minimum absolute atomic E-state index is 0.130. The van der Waals surface area contributed by atoms with Crippen molar-refractivity contribution in [1.29, 1.82) is 0 Å². The Morgan fingerprint density at radius 1 is 1.03 bits per heavy atom. The molecule has 0 aliphatic carbocycles. The predicted octanol–water partition coefficient (Wildman–Crippen LogP) is 4.96. The minimum atomic E-state index is -0.130. The molecule has 150 valence electrons. The first kappa shape index (κ1) is 18.9. The number of benzene rings is 2. The number of aryl methyl sites for hydroxylation is 2. The Balaban J connectivity index is 1.53. The molecule has 2 aromatic carbocycles. The van der Waals surface area contributed by atoms with E-state index in [1.807, 2.05) is 18.2 Å². The second kappa shape index (κ2) is 7.94. The molecule has 0 spiro atoms. The number of halogens is 1. The van der Waals surface area contributed by atoms with E-state index in [-0.39, 0.29) is 12.2 Å². The van der Waals surface area contributed by atoms with Crippen molar-refractivity contribution >= 4 is 11.6 Å². The Morgan fingerprint density at radius 3 is 2.69 bits per heavy atom. The van der Waals surface area contributed by atoms with Gasteiger partial charge in [0.15, 0.2) is 0 Å². The van der Waals surface area contributed by atoms with Crippen LogP contribution in [0.15, 0.2) is 54.7 Å². The van der Waals surface area contributed by atoms with Gasteiger partial charge in [0.1, 0.15) is 11.9 Å². The van der Waals surface area contributed by atoms with Crippen molar-refractivity contribution in [3.8, 4) is 11.3 Å². The quantitative estimate of drug-likeness (QED) is 0.614. The number of hydrogen-bond donors (Lipinski definition) is 0. The molecule has 29 heavy (non-hydrogen) atoms. The minimum Gasteiger partial charge on any atom is -0.362 e. The van der Waals surface area contributed by atoms with Gasteiger partial charge in [-0.15, -0.1) is 0 Å². The van der Waals surface area contributed by atoms with Crippen LogP contribution >= 0.6 is 11.6 Å². The highest BCUT2D eigenvalue weighted by Gasteiger charge is 2.30. The number of fused-ring (bicyclic) bond motifs is 2. The van der Waals surface area contributed by atoms with Crippen molar-refractivity contribution in [2.24, 2.45) is 0 Å².